The zero-order chi connectivity index (χ0) is 14.0. The van der Waals surface area contributed by atoms with Crippen LogP contribution in [-0.4, -0.2) is 8.76 Å². The third kappa shape index (κ3) is 3.57. The highest BCUT2D eigenvalue weighted by Crippen LogP contribution is 2.25. The number of aryl methyl sites for hydroxylation is 1. The van der Waals surface area contributed by atoms with E-state index in [0.29, 0.717) is 21.4 Å². The van der Waals surface area contributed by atoms with E-state index in [1.807, 2.05) is 19.1 Å². The zero-order valence-corrected chi connectivity index (χ0v) is 12.5. The van der Waals surface area contributed by atoms with Gasteiger partial charge in [0, 0.05) is 10.0 Å². The second-order valence-corrected chi connectivity index (χ2v) is 6.06. The Bertz CT molecular complexity index is 641. The van der Waals surface area contributed by atoms with Crippen LogP contribution in [-0.2, 0) is 17.5 Å². The summed E-state index contributed by atoms with van der Waals surface area (Å²) in [7, 11) is 0. The maximum Gasteiger partial charge on any atom is 0.186 e. The molecule has 100 valence electrons. The second-order valence-electron chi connectivity index (χ2n) is 4.25. The minimum atomic E-state index is -1.97. The fourth-order valence-electron chi connectivity index (χ4n) is 1.82. The lowest BCUT2D eigenvalue weighted by Gasteiger charge is -2.09. The van der Waals surface area contributed by atoms with Gasteiger partial charge in [0.25, 0.3) is 0 Å². The Morgan fingerprint density at radius 1 is 1.11 bits per heavy atom. The van der Waals surface area contributed by atoms with Gasteiger partial charge in [0.05, 0.1) is 4.90 Å². The molecule has 0 amide bonds. The highest BCUT2D eigenvalue weighted by atomic mass is 35.5. The van der Waals surface area contributed by atoms with Crippen molar-refractivity contribution in [3.05, 3.63) is 63.1 Å². The van der Waals surface area contributed by atoms with Crippen molar-refractivity contribution in [2.45, 2.75) is 18.2 Å². The van der Waals surface area contributed by atoms with Gasteiger partial charge in [0.2, 0.25) is 0 Å². The summed E-state index contributed by atoms with van der Waals surface area (Å²) < 4.78 is 20.2. The van der Waals surface area contributed by atoms with Crippen LogP contribution in [0.1, 0.15) is 16.7 Å². The Kier molecular flexibility index (Phi) is 4.63. The van der Waals surface area contributed by atoms with Crippen LogP contribution in [0, 0.1) is 6.92 Å². The van der Waals surface area contributed by atoms with Gasteiger partial charge in [-0.25, -0.2) is 4.21 Å². The standard InChI is InChI=1S/C14H12Cl2O2S/c1-9-2-5-13(19(17)18)7-11(9)6-10-3-4-12(15)8-14(10)16/h2-5,7-8H,6H2,1H3,(H,17,18). The Morgan fingerprint density at radius 3 is 2.47 bits per heavy atom. The Labute approximate surface area is 124 Å². The lowest BCUT2D eigenvalue weighted by atomic mass is 10.0. The minimum Gasteiger partial charge on any atom is -0.302 e. The van der Waals surface area contributed by atoms with Crippen molar-refractivity contribution in [1.82, 2.24) is 0 Å². The molecule has 1 unspecified atom stereocenters. The van der Waals surface area contributed by atoms with E-state index in [9.17, 15) is 4.21 Å². The first-order chi connectivity index (χ1) is 8.97. The molecule has 0 radical (unpaired) electrons. The number of benzene rings is 2. The molecule has 0 aromatic heterocycles. The molecule has 0 bridgehead atoms. The molecule has 0 aliphatic heterocycles. The molecule has 0 aliphatic carbocycles. The van der Waals surface area contributed by atoms with Gasteiger partial charge in [-0.2, -0.15) is 0 Å². The van der Waals surface area contributed by atoms with E-state index in [4.69, 9.17) is 27.8 Å². The van der Waals surface area contributed by atoms with Crippen molar-refractivity contribution < 1.29 is 8.76 Å². The van der Waals surface area contributed by atoms with Gasteiger partial charge in [-0.3, -0.25) is 0 Å². The van der Waals surface area contributed by atoms with Gasteiger partial charge < -0.3 is 4.55 Å². The van der Waals surface area contributed by atoms with Crippen LogP contribution in [0.4, 0.5) is 0 Å². The van der Waals surface area contributed by atoms with E-state index in [-0.39, 0.29) is 0 Å². The van der Waals surface area contributed by atoms with Crippen LogP contribution in [0.25, 0.3) is 0 Å². The van der Waals surface area contributed by atoms with E-state index in [2.05, 4.69) is 0 Å². The summed E-state index contributed by atoms with van der Waals surface area (Å²) in [5.74, 6) is 0. The molecule has 0 fully saturated rings. The molecule has 2 aromatic carbocycles. The average molecular weight is 315 g/mol. The molecule has 2 nitrogen and oxygen atoms in total. The molecule has 2 aromatic rings. The highest BCUT2D eigenvalue weighted by Gasteiger charge is 2.08. The van der Waals surface area contributed by atoms with Crippen molar-refractivity contribution in [2.24, 2.45) is 0 Å². The van der Waals surface area contributed by atoms with E-state index in [1.165, 1.54) is 0 Å². The number of halogens is 2. The van der Waals surface area contributed by atoms with Crippen LogP contribution < -0.4 is 0 Å². The fourth-order valence-corrected chi connectivity index (χ4v) is 2.72. The fraction of sp³-hybridized carbons (Fsp3) is 0.143. The Morgan fingerprint density at radius 2 is 1.84 bits per heavy atom. The van der Waals surface area contributed by atoms with Crippen LogP contribution in [0.3, 0.4) is 0 Å². The summed E-state index contributed by atoms with van der Waals surface area (Å²) in [6, 6.07) is 10.6. The Balaban J connectivity index is 2.37. The van der Waals surface area contributed by atoms with Crippen LogP contribution >= 0.6 is 23.2 Å². The van der Waals surface area contributed by atoms with Crippen LogP contribution in [0.5, 0.6) is 0 Å². The first-order valence-electron chi connectivity index (χ1n) is 5.61. The van der Waals surface area contributed by atoms with E-state index in [0.717, 1.165) is 16.7 Å². The minimum absolute atomic E-state index is 0.394. The summed E-state index contributed by atoms with van der Waals surface area (Å²) in [6.45, 7) is 1.96. The molecule has 0 aliphatic rings. The molecular weight excluding hydrogens is 303 g/mol. The van der Waals surface area contributed by atoms with Crippen molar-refractivity contribution in [3.8, 4) is 0 Å². The largest absolute Gasteiger partial charge is 0.302 e. The maximum atomic E-state index is 11.1. The van der Waals surface area contributed by atoms with Gasteiger partial charge in [0.1, 0.15) is 0 Å². The SMILES string of the molecule is Cc1ccc(S(=O)O)cc1Cc1ccc(Cl)cc1Cl. The predicted octanol–water partition coefficient (Wildman–Crippen LogP) is 4.47. The van der Waals surface area contributed by atoms with Gasteiger partial charge in [-0.15, -0.1) is 0 Å². The third-order valence-electron chi connectivity index (χ3n) is 2.92. The normalized spacial score (nSPS) is 12.4. The van der Waals surface area contributed by atoms with Crippen molar-refractivity contribution in [3.63, 3.8) is 0 Å². The van der Waals surface area contributed by atoms with E-state index < -0.39 is 11.1 Å². The summed E-state index contributed by atoms with van der Waals surface area (Å²) in [5, 5.41) is 1.19. The molecule has 0 heterocycles. The lowest BCUT2D eigenvalue weighted by molar-refractivity contribution is 0.564. The van der Waals surface area contributed by atoms with E-state index >= 15 is 0 Å². The molecule has 5 heteroatoms. The smallest absolute Gasteiger partial charge is 0.186 e. The molecule has 0 spiro atoms. The highest BCUT2D eigenvalue weighted by molar-refractivity contribution is 7.79. The maximum absolute atomic E-state index is 11.1. The van der Waals surface area contributed by atoms with Crippen molar-refractivity contribution >= 4 is 34.3 Å². The molecule has 0 saturated carbocycles. The molecule has 19 heavy (non-hydrogen) atoms. The molecule has 2 rings (SSSR count). The first-order valence-corrected chi connectivity index (χ1v) is 7.48. The number of rotatable bonds is 3. The van der Waals surface area contributed by atoms with Crippen molar-refractivity contribution in [2.75, 3.05) is 0 Å². The van der Waals surface area contributed by atoms with Gasteiger partial charge >= 0.3 is 0 Å². The van der Waals surface area contributed by atoms with Crippen LogP contribution in [0.15, 0.2) is 41.3 Å². The zero-order valence-electron chi connectivity index (χ0n) is 10.2. The molecule has 0 saturated heterocycles. The molecule has 1 N–H and O–H groups in total. The second kappa shape index (κ2) is 6.06. The number of hydrogen-bond donors (Lipinski definition) is 1. The summed E-state index contributed by atoms with van der Waals surface area (Å²) in [6.07, 6.45) is 0.604. The summed E-state index contributed by atoms with van der Waals surface area (Å²) in [5.41, 5.74) is 2.97. The van der Waals surface area contributed by atoms with Gasteiger partial charge in [-0.05, 0) is 54.3 Å². The first kappa shape index (κ1) is 14.5. The quantitative estimate of drug-likeness (QED) is 0.848. The predicted molar refractivity (Wildman–Crippen MR) is 79.5 cm³/mol. The monoisotopic (exact) mass is 314 g/mol. The summed E-state index contributed by atoms with van der Waals surface area (Å²) in [4.78, 5) is 0.394. The van der Waals surface area contributed by atoms with Crippen molar-refractivity contribution in [1.29, 1.82) is 0 Å². The van der Waals surface area contributed by atoms with Crippen LogP contribution in [0.2, 0.25) is 10.0 Å². The number of hydrogen-bond acceptors (Lipinski definition) is 1. The molecular formula is C14H12Cl2O2S. The third-order valence-corrected chi connectivity index (χ3v) is 4.16. The summed E-state index contributed by atoms with van der Waals surface area (Å²) >= 11 is 10.0. The molecule has 1 atom stereocenters. The Hall–Kier alpha value is -0.870. The van der Waals surface area contributed by atoms with Gasteiger partial charge in [0.15, 0.2) is 11.1 Å². The average Bonchev–Trinajstić information content (AvgIpc) is 2.34. The van der Waals surface area contributed by atoms with Gasteiger partial charge in [-0.1, -0.05) is 35.3 Å². The topological polar surface area (TPSA) is 37.3 Å². The lowest BCUT2D eigenvalue weighted by Crippen LogP contribution is -1.96. The van der Waals surface area contributed by atoms with E-state index in [1.54, 1.807) is 24.3 Å².